The Morgan fingerprint density at radius 2 is 1.97 bits per heavy atom. The van der Waals surface area contributed by atoms with Crippen molar-refractivity contribution in [3.05, 3.63) is 82.2 Å². The zero-order valence-corrected chi connectivity index (χ0v) is 22.1. The summed E-state index contributed by atoms with van der Waals surface area (Å²) in [6.07, 6.45) is 13.9. The van der Waals surface area contributed by atoms with Gasteiger partial charge in [0.25, 0.3) is 0 Å². The van der Waals surface area contributed by atoms with Gasteiger partial charge in [0, 0.05) is 40.6 Å². The smallest absolute Gasteiger partial charge is 0.0671 e. The molecule has 0 saturated heterocycles. The van der Waals surface area contributed by atoms with Crippen LogP contribution in [0.2, 0.25) is 0 Å². The van der Waals surface area contributed by atoms with E-state index in [0.29, 0.717) is 11.8 Å². The Morgan fingerprint density at radius 3 is 2.71 bits per heavy atom. The van der Waals surface area contributed by atoms with Crippen molar-refractivity contribution in [2.24, 2.45) is 16.8 Å². The lowest BCUT2D eigenvalue weighted by Gasteiger charge is -2.22. The van der Waals surface area contributed by atoms with Crippen LogP contribution in [0.4, 0.5) is 5.69 Å². The molecule has 0 N–H and O–H groups in total. The van der Waals surface area contributed by atoms with Crippen LogP contribution < -0.4 is 0 Å². The maximum atomic E-state index is 11.6. The molecule has 0 radical (unpaired) electrons. The number of benzene rings is 1. The van der Waals surface area contributed by atoms with Crippen molar-refractivity contribution >= 4 is 22.2 Å². The van der Waals surface area contributed by atoms with E-state index in [4.69, 9.17) is 9.98 Å². The second kappa shape index (κ2) is 10.9. The second-order valence-electron chi connectivity index (χ2n) is 10.2. The highest BCUT2D eigenvalue weighted by molar-refractivity contribution is 7.84. The van der Waals surface area contributed by atoms with Crippen molar-refractivity contribution in [2.45, 2.75) is 65.7 Å². The molecule has 3 nitrogen and oxygen atoms in total. The van der Waals surface area contributed by atoms with Crippen LogP contribution in [0.3, 0.4) is 0 Å². The van der Waals surface area contributed by atoms with Gasteiger partial charge in [0.2, 0.25) is 0 Å². The van der Waals surface area contributed by atoms with Crippen LogP contribution in [-0.4, -0.2) is 26.9 Å². The Labute approximate surface area is 208 Å². The molecule has 2 aliphatic carbocycles. The number of aryl methyl sites for hydroxylation is 1. The van der Waals surface area contributed by atoms with Gasteiger partial charge in [0.05, 0.1) is 11.4 Å². The first-order valence-electron chi connectivity index (χ1n) is 12.6. The summed E-state index contributed by atoms with van der Waals surface area (Å²) in [5, 5.41) is 0. The molecule has 0 spiro atoms. The summed E-state index contributed by atoms with van der Waals surface area (Å²) < 4.78 is 11.6. The van der Waals surface area contributed by atoms with Gasteiger partial charge >= 0.3 is 0 Å². The Hall–Kier alpha value is -2.33. The average molecular weight is 475 g/mol. The van der Waals surface area contributed by atoms with Crippen molar-refractivity contribution in [1.82, 2.24) is 4.98 Å². The summed E-state index contributed by atoms with van der Waals surface area (Å²) in [6, 6.07) is 10.9. The Bertz CT molecular complexity index is 1140. The third kappa shape index (κ3) is 5.66. The molecule has 2 aliphatic rings. The lowest BCUT2D eigenvalue weighted by atomic mass is 9.83. The predicted molar refractivity (Wildman–Crippen MR) is 146 cm³/mol. The molecule has 1 aromatic heterocycles. The third-order valence-corrected chi connectivity index (χ3v) is 8.44. The highest BCUT2D eigenvalue weighted by Gasteiger charge is 2.26. The van der Waals surface area contributed by atoms with Gasteiger partial charge in [-0.15, -0.1) is 0 Å². The number of rotatable bonds is 5. The quantitative estimate of drug-likeness (QED) is 0.436. The molecule has 4 rings (SSSR count). The van der Waals surface area contributed by atoms with Crippen LogP contribution in [0, 0.1) is 18.8 Å². The van der Waals surface area contributed by atoms with E-state index in [1.54, 1.807) is 0 Å². The molecular formula is C30H38N2OS. The van der Waals surface area contributed by atoms with Crippen molar-refractivity contribution in [1.29, 1.82) is 0 Å². The van der Waals surface area contributed by atoms with Crippen LogP contribution in [-0.2, 0) is 23.6 Å². The van der Waals surface area contributed by atoms with E-state index in [9.17, 15) is 4.21 Å². The molecule has 0 amide bonds. The molecule has 0 bridgehead atoms. The number of hydrogen-bond donors (Lipinski definition) is 0. The van der Waals surface area contributed by atoms with E-state index in [1.807, 2.05) is 12.5 Å². The summed E-state index contributed by atoms with van der Waals surface area (Å²) in [5.41, 5.74) is 9.94. The fraction of sp³-hybridized carbons (Fsp3) is 0.467. The minimum absolute atomic E-state index is 0.266. The molecule has 0 fully saturated rings. The maximum absolute atomic E-state index is 11.6. The minimum atomic E-state index is -0.709. The molecule has 1 aromatic carbocycles. The van der Waals surface area contributed by atoms with Crippen molar-refractivity contribution in [3.63, 3.8) is 0 Å². The highest BCUT2D eigenvalue weighted by atomic mass is 32.2. The van der Waals surface area contributed by atoms with Crippen LogP contribution in [0.15, 0.2) is 64.8 Å². The minimum Gasteiger partial charge on any atom is -0.260 e. The largest absolute Gasteiger partial charge is 0.260 e. The fourth-order valence-electron chi connectivity index (χ4n) is 5.48. The zero-order valence-electron chi connectivity index (χ0n) is 21.3. The van der Waals surface area contributed by atoms with Crippen molar-refractivity contribution in [3.8, 4) is 0 Å². The van der Waals surface area contributed by atoms with Gasteiger partial charge in [-0.1, -0.05) is 36.8 Å². The zero-order chi connectivity index (χ0) is 24.2. The molecular weight excluding hydrogens is 436 g/mol. The maximum Gasteiger partial charge on any atom is 0.0671 e. The molecule has 4 heteroatoms. The van der Waals surface area contributed by atoms with Gasteiger partial charge < -0.3 is 0 Å². The van der Waals surface area contributed by atoms with Crippen LogP contribution >= 0.6 is 0 Å². The van der Waals surface area contributed by atoms with Crippen LogP contribution in [0.25, 0.3) is 0 Å². The summed E-state index contributed by atoms with van der Waals surface area (Å²) in [6.45, 7) is 8.82. The third-order valence-electron chi connectivity index (χ3n) is 7.63. The number of aliphatic imine (C=N–C) groups is 1. The highest BCUT2D eigenvalue weighted by Crippen LogP contribution is 2.37. The SMILES string of the molecule is CC1=C(C)C(c2ccc(C)cn2)C(C)C=CC1=Nc1cccc2c1CCCC(CCS(C)=O)C2. The Kier molecular flexibility index (Phi) is 7.98. The van der Waals surface area contributed by atoms with Gasteiger partial charge in [0.1, 0.15) is 0 Å². The summed E-state index contributed by atoms with van der Waals surface area (Å²) in [5.74, 6) is 2.06. The molecule has 1 heterocycles. The Morgan fingerprint density at radius 1 is 1.15 bits per heavy atom. The lowest BCUT2D eigenvalue weighted by molar-refractivity contribution is 0.468. The first-order chi connectivity index (χ1) is 16.3. The number of aromatic nitrogens is 1. The topological polar surface area (TPSA) is 42.3 Å². The number of pyridine rings is 1. The van der Waals surface area contributed by atoms with Gasteiger partial charge in [-0.2, -0.15) is 0 Å². The van der Waals surface area contributed by atoms with Crippen molar-refractivity contribution < 1.29 is 4.21 Å². The standard InChI is InChI=1S/C30H38N2OS/c1-20-12-14-29(31-19-20)30-21(2)13-15-27(22(3)23(30)4)32-28-11-7-9-25-18-24(16-17-34(5)33)8-6-10-26(25)28/h7,9,11-15,19,21,24,30H,6,8,10,16-18H2,1-5H3. The predicted octanol–water partition coefficient (Wildman–Crippen LogP) is 7.05. The van der Waals surface area contributed by atoms with Gasteiger partial charge in [0.15, 0.2) is 0 Å². The summed E-state index contributed by atoms with van der Waals surface area (Å²) >= 11 is 0. The number of nitrogens with zero attached hydrogens (tertiary/aromatic N) is 2. The van der Waals surface area contributed by atoms with E-state index < -0.39 is 10.8 Å². The molecule has 34 heavy (non-hydrogen) atoms. The molecule has 180 valence electrons. The summed E-state index contributed by atoms with van der Waals surface area (Å²) in [7, 11) is -0.709. The molecule has 0 aliphatic heterocycles. The van der Waals surface area contributed by atoms with Crippen LogP contribution in [0.1, 0.15) is 68.3 Å². The molecule has 4 atom stereocenters. The average Bonchev–Trinajstić information content (AvgIpc) is 3.08. The monoisotopic (exact) mass is 474 g/mol. The van der Waals surface area contributed by atoms with Crippen LogP contribution in [0.5, 0.6) is 0 Å². The van der Waals surface area contributed by atoms with Crippen molar-refractivity contribution in [2.75, 3.05) is 12.0 Å². The molecule has 4 unspecified atom stereocenters. The van der Waals surface area contributed by atoms with E-state index in [1.165, 1.54) is 40.7 Å². The van der Waals surface area contributed by atoms with E-state index >= 15 is 0 Å². The summed E-state index contributed by atoms with van der Waals surface area (Å²) in [4.78, 5) is 10.0. The van der Waals surface area contributed by atoms with E-state index in [2.05, 4.69) is 70.2 Å². The normalized spacial score (nSPS) is 25.1. The van der Waals surface area contributed by atoms with Gasteiger partial charge in [-0.25, -0.2) is 4.99 Å². The Balaban J connectivity index is 1.67. The van der Waals surface area contributed by atoms with E-state index in [0.717, 1.165) is 42.1 Å². The number of allylic oxidation sites excluding steroid dienone is 4. The second-order valence-corrected chi connectivity index (χ2v) is 11.8. The lowest BCUT2D eigenvalue weighted by Crippen LogP contribution is -2.12. The molecule has 0 saturated carbocycles. The molecule has 2 aromatic rings. The number of hydrogen-bond acceptors (Lipinski definition) is 3. The van der Waals surface area contributed by atoms with Gasteiger partial charge in [-0.05, 0) is 105 Å². The number of fused-ring (bicyclic) bond motifs is 1. The fourth-order valence-corrected chi connectivity index (χ4v) is 6.14. The first-order valence-corrected chi connectivity index (χ1v) is 14.3. The first kappa shape index (κ1) is 24.8. The van der Waals surface area contributed by atoms with Gasteiger partial charge in [-0.3, -0.25) is 9.19 Å². The van der Waals surface area contributed by atoms with E-state index in [-0.39, 0.29) is 5.92 Å².